The Hall–Kier alpha value is -2.10. The molecule has 2 heterocycles. The van der Waals surface area contributed by atoms with Crippen LogP contribution in [0, 0.1) is 0 Å². The minimum atomic E-state index is -0.0491. The van der Waals surface area contributed by atoms with E-state index in [1.54, 1.807) is 10.9 Å². The van der Waals surface area contributed by atoms with Gasteiger partial charge in [-0.2, -0.15) is 5.10 Å². The highest BCUT2D eigenvalue weighted by Gasteiger charge is 2.27. The van der Waals surface area contributed by atoms with Crippen LogP contribution >= 0.6 is 0 Å². The van der Waals surface area contributed by atoms with E-state index in [-0.39, 0.29) is 11.7 Å². The number of benzene rings is 1. The zero-order valence-electron chi connectivity index (χ0n) is 11.0. The molecule has 4 nitrogen and oxygen atoms in total. The lowest BCUT2D eigenvalue weighted by Crippen LogP contribution is -2.22. The van der Waals surface area contributed by atoms with Crippen LogP contribution in [0.15, 0.2) is 36.7 Å². The van der Waals surface area contributed by atoms with Crippen molar-refractivity contribution in [3.05, 3.63) is 47.8 Å². The van der Waals surface area contributed by atoms with E-state index in [1.165, 1.54) is 0 Å². The van der Waals surface area contributed by atoms with Crippen LogP contribution in [-0.4, -0.2) is 22.1 Å². The molecular weight excluding hydrogens is 238 g/mol. The van der Waals surface area contributed by atoms with Gasteiger partial charge < -0.3 is 5.32 Å². The second-order valence-corrected chi connectivity index (χ2v) is 4.80. The molecule has 19 heavy (non-hydrogen) atoms. The van der Waals surface area contributed by atoms with Crippen molar-refractivity contribution in [2.75, 3.05) is 11.9 Å². The largest absolute Gasteiger partial charge is 0.385 e. The average molecular weight is 255 g/mol. The first-order valence-corrected chi connectivity index (χ1v) is 6.69. The molecule has 4 heteroatoms. The van der Waals surface area contributed by atoms with Crippen molar-refractivity contribution in [3.63, 3.8) is 0 Å². The van der Waals surface area contributed by atoms with Crippen LogP contribution in [0.3, 0.4) is 0 Å². The van der Waals surface area contributed by atoms with Gasteiger partial charge in [-0.05, 0) is 25.0 Å². The van der Waals surface area contributed by atoms with E-state index in [1.807, 2.05) is 37.4 Å². The Labute approximate surface area is 112 Å². The molecule has 2 aromatic rings. The monoisotopic (exact) mass is 255 g/mol. The highest BCUT2D eigenvalue weighted by atomic mass is 16.1. The number of aryl methyl sites for hydroxylation is 1. The summed E-state index contributed by atoms with van der Waals surface area (Å²) in [5.41, 5.74) is 2.89. The lowest BCUT2D eigenvalue weighted by molar-refractivity contribution is 0.0955. The first-order valence-electron chi connectivity index (χ1n) is 6.69. The van der Waals surface area contributed by atoms with E-state index >= 15 is 0 Å². The highest BCUT2D eigenvalue weighted by Crippen LogP contribution is 2.33. The van der Waals surface area contributed by atoms with Gasteiger partial charge in [0.1, 0.15) is 0 Å². The zero-order valence-corrected chi connectivity index (χ0v) is 11.0. The molecule has 1 aromatic heterocycles. The Morgan fingerprint density at radius 3 is 3.11 bits per heavy atom. The number of hydrogen-bond donors (Lipinski definition) is 1. The number of ketones is 1. The number of fused-ring (bicyclic) bond motifs is 1. The third kappa shape index (κ3) is 2.14. The van der Waals surface area contributed by atoms with Gasteiger partial charge >= 0.3 is 0 Å². The van der Waals surface area contributed by atoms with Crippen LogP contribution in [0.4, 0.5) is 5.69 Å². The Kier molecular flexibility index (Phi) is 3.07. The van der Waals surface area contributed by atoms with Gasteiger partial charge in [-0.3, -0.25) is 9.48 Å². The summed E-state index contributed by atoms with van der Waals surface area (Å²) in [5, 5.41) is 7.53. The third-order valence-electron chi connectivity index (χ3n) is 3.64. The van der Waals surface area contributed by atoms with Gasteiger partial charge in [-0.25, -0.2) is 0 Å². The van der Waals surface area contributed by atoms with E-state index < -0.39 is 0 Å². The maximum atomic E-state index is 12.6. The van der Waals surface area contributed by atoms with Crippen LogP contribution < -0.4 is 5.32 Å². The number of Topliss-reactive ketones (excluding diaryl/α,β-unsaturated/α-hetero) is 1. The quantitative estimate of drug-likeness (QED) is 0.858. The first kappa shape index (κ1) is 12.0. The van der Waals surface area contributed by atoms with Crippen LogP contribution in [0.1, 0.15) is 35.2 Å². The summed E-state index contributed by atoms with van der Waals surface area (Å²) in [6.07, 6.45) is 4.36. The maximum absolute atomic E-state index is 12.6. The molecule has 0 aliphatic carbocycles. The summed E-state index contributed by atoms with van der Waals surface area (Å²) >= 11 is 0. The summed E-state index contributed by atoms with van der Waals surface area (Å²) in [6, 6.07) is 8.05. The van der Waals surface area contributed by atoms with Gasteiger partial charge in [-0.15, -0.1) is 0 Å². The smallest absolute Gasteiger partial charge is 0.173 e. The van der Waals surface area contributed by atoms with E-state index in [9.17, 15) is 4.79 Å². The number of nitrogens with zero attached hydrogens (tertiary/aromatic N) is 2. The fraction of sp³-hybridized carbons (Fsp3) is 0.333. The van der Waals surface area contributed by atoms with Crippen molar-refractivity contribution < 1.29 is 4.79 Å². The van der Waals surface area contributed by atoms with E-state index in [0.717, 1.165) is 30.8 Å². The van der Waals surface area contributed by atoms with Gasteiger partial charge in [-0.1, -0.05) is 18.2 Å². The van der Waals surface area contributed by atoms with Crippen molar-refractivity contribution in [3.8, 4) is 0 Å². The average Bonchev–Trinajstić information content (AvgIpc) is 2.95. The van der Waals surface area contributed by atoms with Crippen LogP contribution in [-0.2, 0) is 6.54 Å². The minimum Gasteiger partial charge on any atom is -0.385 e. The molecule has 3 rings (SSSR count). The number of rotatable bonds is 3. The molecule has 0 amide bonds. The highest BCUT2D eigenvalue weighted by molar-refractivity contribution is 6.01. The van der Waals surface area contributed by atoms with E-state index in [4.69, 9.17) is 0 Å². The number of anilines is 1. The maximum Gasteiger partial charge on any atom is 0.173 e. The van der Waals surface area contributed by atoms with Gasteiger partial charge in [0.25, 0.3) is 0 Å². The molecule has 0 bridgehead atoms. The van der Waals surface area contributed by atoms with Crippen LogP contribution in [0.25, 0.3) is 0 Å². The normalized spacial score (nSPS) is 17.6. The second kappa shape index (κ2) is 4.88. The van der Waals surface area contributed by atoms with Crippen molar-refractivity contribution in [1.82, 2.24) is 9.78 Å². The molecule has 1 unspecified atom stereocenters. The number of carbonyl (C=O) groups excluding carboxylic acids is 1. The van der Waals surface area contributed by atoms with Gasteiger partial charge in [0.05, 0.1) is 17.7 Å². The number of para-hydroxylation sites is 1. The Morgan fingerprint density at radius 2 is 2.32 bits per heavy atom. The summed E-state index contributed by atoms with van der Waals surface area (Å²) in [5.74, 6) is 0.126. The van der Waals surface area contributed by atoms with Crippen molar-refractivity contribution in [2.45, 2.75) is 25.8 Å². The number of nitrogens with one attached hydrogen (secondary N) is 1. The molecule has 98 valence electrons. The Morgan fingerprint density at radius 1 is 1.47 bits per heavy atom. The van der Waals surface area contributed by atoms with Crippen LogP contribution in [0.5, 0.6) is 0 Å². The van der Waals surface area contributed by atoms with Crippen molar-refractivity contribution >= 4 is 11.5 Å². The summed E-state index contributed by atoms with van der Waals surface area (Å²) in [7, 11) is 0. The number of carbonyl (C=O) groups is 1. The van der Waals surface area contributed by atoms with E-state index in [2.05, 4.69) is 10.4 Å². The molecule has 0 spiro atoms. The SMILES string of the molecule is CCn1cc(C(=O)C2CCNc3ccccc32)cn1. The summed E-state index contributed by atoms with van der Waals surface area (Å²) in [6.45, 7) is 3.65. The molecule has 1 aliphatic heterocycles. The molecule has 0 saturated carbocycles. The molecule has 1 N–H and O–H groups in total. The number of hydrogen-bond acceptors (Lipinski definition) is 3. The molecule has 1 aromatic carbocycles. The van der Waals surface area contributed by atoms with Gasteiger partial charge in [0.15, 0.2) is 5.78 Å². The standard InChI is InChI=1S/C15H17N3O/c1-2-18-10-11(9-17-18)15(19)13-7-8-16-14-6-4-3-5-12(13)14/h3-6,9-10,13,16H,2,7-8H2,1H3. The lowest BCUT2D eigenvalue weighted by atomic mass is 9.86. The number of aromatic nitrogens is 2. The fourth-order valence-electron chi connectivity index (χ4n) is 2.61. The van der Waals surface area contributed by atoms with Crippen molar-refractivity contribution in [1.29, 1.82) is 0 Å². The Balaban J connectivity index is 1.93. The van der Waals surface area contributed by atoms with Crippen molar-refractivity contribution in [2.24, 2.45) is 0 Å². The molecule has 0 fully saturated rings. The molecule has 1 aliphatic rings. The molecule has 0 radical (unpaired) electrons. The summed E-state index contributed by atoms with van der Waals surface area (Å²) in [4.78, 5) is 12.6. The third-order valence-corrected chi connectivity index (χ3v) is 3.64. The molecular formula is C15H17N3O. The summed E-state index contributed by atoms with van der Waals surface area (Å²) < 4.78 is 1.79. The van der Waals surface area contributed by atoms with Gasteiger partial charge in [0.2, 0.25) is 0 Å². The Bertz CT molecular complexity index is 603. The fourth-order valence-corrected chi connectivity index (χ4v) is 2.61. The second-order valence-electron chi connectivity index (χ2n) is 4.80. The molecule has 1 atom stereocenters. The van der Waals surface area contributed by atoms with E-state index in [0.29, 0.717) is 5.56 Å². The topological polar surface area (TPSA) is 46.9 Å². The minimum absolute atomic E-state index is 0.0491. The zero-order chi connectivity index (χ0) is 13.2. The predicted octanol–water partition coefficient (Wildman–Crippen LogP) is 2.69. The van der Waals surface area contributed by atoms with Gasteiger partial charge in [0, 0.05) is 25.0 Å². The predicted molar refractivity (Wildman–Crippen MR) is 74.5 cm³/mol. The lowest BCUT2D eigenvalue weighted by Gasteiger charge is -2.25. The first-order chi connectivity index (χ1) is 9.29. The molecule has 0 saturated heterocycles. The van der Waals surface area contributed by atoms with Crippen LogP contribution in [0.2, 0.25) is 0 Å².